The van der Waals surface area contributed by atoms with E-state index in [9.17, 15) is 19.4 Å². The van der Waals surface area contributed by atoms with Crippen molar-refractivity contribution < 1.29 is 42.4 Å². The topological polar surface area (TPSA) is 114 Å². The van der Waals surface area contributed by atoms with Crippen LogP contribution in [0.1, 0.15) is 187 Å². The predicted molar refractivity (Wildman–Crippen MR) is 223 cm³/mol. The molecule has 0 radical (unpaired) electrons. The fourth-order valence-electron chi connectivity index (χ4n) is 6.09. The molecule has 0 amide bonds. The number of esters is 1. The van der Waals surface area contributed by atoms with Gasteiger partial charge in [-0.3, -0.25) is 9.36 Å². The van der Waals surface area contributed by atoms with E-state index in [1.165, 1.54) is 89.9 Å². The highest BCUT2D eigenvalue weighted by Gasteiger charge is 2.20. The monoisotopic (exact) mass is 788 g/mol. The first-order chi connectivity index (χ1) is 26.0. The molecule has 0 saturated carbocycles. The Labute approximate surface area is 333 Å². The number of hydrogen-bond donors (Lipinski definition) is 1. The number of allylic oxidation sites excluding steroid dienone is 3. The standard InChI is InChI=1S/C44H86NO8P/c1-6-8-10-11-12-13-14-15-16-17-18-19-23-26-29-33-38-50-40-43(41-52-54(48,49)51-39-37-45(3,4)5)53-44(47)36-32-28-25-22-20-21-24-27-31-35-42(46)34-30-9-7-2/h24,27,31,35,42-43,46H,6-23,25-26,28-30,32-34,36-41H2,1-5H3/b27-24-,35-31+. The van der Waals surface area contributed by atoms with Crippen LogP contribution in [-0.2, 0) is 27.9 Å². The second-order valence-corrected chi connectivity index (χ2v) is 17.7. The minimum atomic E-state index is -4.54. The lowest BCUT2D eigenvalue weighted by Crippen LogP contribution is -2.37. The number of likely N-dealkylation sites (N-methyl/N-ethyl adjacent to an activating group) is 1. The third-order valence-corrected chi connectivity index (χ3v) is 10.6. The van der Waals surface area contributed by atoms with Gasteiger partial charge in [0.05, 0.1) is 40.5 Å². The van der Waals surface area contributed by atoms with Crippen molar-refractivity contribution in [3.63, 3.8) is 0 Å². The van der Waals surface area contributed by atoms with Crippen LogP contribution < -0.4 is 4.89 Å². The van der Waals surface area contributed by atoms with Gasteiger partial charge in [0.2, 0.25) is 0 Å². The molecule has 0 aliphatic carbocycles. The van der Waals surface area contributed by atoms with Gasteiger partial charge >= 0.3 is 5.97 Å². The number of aliphatic hydroxyl groups is 1. The molecule has 54 heavy (non-hydrogen) atoms. The lowest BCUT2D eigenvalue weighted by Gasteiger charge is -2.28. The molecule has 3 unspecified atom stereocenters. The summed E-state index contributed by atoms with van der Waals surface area (Å²) in [5, 5.41) is 9.94. The molecule has 0 rings (SSSR count). The molecule has 0 bridgehead atoms. The molecular formula is C44H86NO8P. The highest BCUT2D eigenvalue weighted by atomic mass is 31.2. The van der Waals surface area contributed by atoms with E-state index in [0.29, 0.717) is 17.6 Å². The molecule has 9 nitrogen and oxygen atoms in total. The molecule has 0 aliphatic rings. The van der Waals surface area contributed by atoms with Crippen LogP contribution >= 0.6 is 7.82 Å². The molecule has 0 saturated heterocycles. The summed E-state index contributed by atoms with van der Waals surface area (Å²) in [6, 6.07) is 0. The van der Waals surface area contributed by atoms with Gasteiger partial charge < -0.3 is 33.0 Å². The van der Waals surface area contributed by atoms with Crippen LogP contribution in [0.2, 0.25) is 0 Å². The Morgan fingerprint density at radius 3 is 1.76 bits per heavy atom. The number of quaternary nitrogens is 1. The molecular weight excluding hydrogens is 701 g/mol. The van der Waals surface area contributed by atoms with Crippen LogP contribution in [-0.4, -0.2) is 81.9 Å². The third-order valence-electron chi connectivity index (χ3n) is 9.61. The fourth-order valence-corrected chi connectivity index (χ4v) is 6.82. The first-order valence-corrected chi connectivity index (χ1v) is 23.6. The number of phosphoric ester groups is 1. The number of carbonyl (C=O) groups is 1. The van der Waals surface area contributed by atoms with Gasteiger partial charge in [-0.25, -0.2) is 0 Å². The molecule has 0 fully saturated rings. The van der Waals surface area contributed by atoms with Gasteiger partial charge in [-0.2, -0.15) is 0 Å². The van der Waals surface area contributed by atoms with Crippen molar-refractivity contribution in [3.05, 3.63) is 24.3 Å². The number of phosphoric acid groups is 1. The second kappa shape index (κ2) is 37.5. The normalized spacial score (nSPS) is 14.6. The van der Waals surface area contributed by atoms with E-state index >= 15 is 0 Å². The van der Waals surface area contributed by atoms with Crippen LogP contribution in [0.3, 0.4) is 0 Å². The molecule has 3 atom stereocenters. The van der Waals surface area contributed by atoms with E-state index in [2.05, 4.69) is 19.9 Å². The Hall–Kier alpha value is -1.06. The Bertz CT molecular complexity index is 938. The van der Waals surface area contributed by atoms with Crippen molar-refractivity contribution in [3.8, 4) is 0 Å². The molecule has 0 aromatic heterocycles. The van der Waals surface area contributed by atoms with E-state index in [4.69, 9.17) is 18.5 Å². The van der Waals surface area contributed by atoms with Gasteiger partial charge in [0.1, 0.15) is 19.3 Å². The van der Waals surface area contributed by atoms with Crippen molar-refractivity contribution in [2.75, 3.05) is 54.1 Å². The van der Waals surface area contributed by atoms with Crippen molar-refractivity contribution >= 4 is 13.8 Å². The maximum atomic E-state index is 12.7. The summed E-state index contributed by atoms with van der Waals surface area (Å²) in [5.41, 5.74) is 0. The second-order valence-electron chi connectivity index (χ2n) is 16.3. The minimum Gasteiger partial charge on any atom is -0.756 e. The summed E-state index contributed by atoms with van der Waals surface area (Å²) in [5.74, 6) is -0.368. The van der Waals surface area contributed by atoms with Gasteiger partial charge in [0.25, 0.3) is 7.82 Å². The van der Waals surface area contributed by atoms with Crippen LogP contribution in [0, 0.1) is 0 Å². The van der Waals surface area contributed by atoms with E-state index in [1.807, 2.05) is 39.4 Å². The Morgan fingerprint density at radius 1 is 0.667 bits per heavy atom. The summed E-state index contributed by atoms with van der Waals surface area (Å²) < 4.78 is 34.5. The van der Waals surface area contributed by atoms with Gasteiger partial charge in [0.15, 0.2) is 0 Å². The molecule has 1 N–H and O–H groups in total. The lowest BCUT2D eigenvalue weighted by molar-refractivity contribution is -0.870. The fraction of sp³-hybridized carbons (Fsp3) is 0.886. The Morgan fingerprint density at radius 2 is 1.19 bits per heavy atom. The van der Waals surface area contributed by atoms with E-state index in [1.54, 1.807) is 0 Å². The van der Waals surface area contributed by atoms with Gasteiger partial charge in [0, 0.05) is 13.0 Å². The first-order valence-electron chi connectivity index (χ1n) is 22.2. The Kier molecular flexibility index (Phi) is 36.8. The summed E-state index contributed by atoms with van der Waals surface area (Å²) in [7, 11) is 1.32. The third kappa shape index (κ3) is 40.6. The number of rotatable bonds is 41. The maximum Gasteiger partial charge on any atom is 0.306 e. The van der Waals surface area contributed by atoms with Crippen LogP contribution in [0.25, 0.3) is 0 Å². The summed E-state index contributed by atoms with van der Waals surface area (Å²) in [4.78, 5) is 25.0. The average Bonchev–Trinajstić information content (AvgIpc) is 3.11. The molecule has 0 heterocycles. The molecule has 0 aromatic carbocycles. The van der Waals surface area contributed by atoms with Crippen LogP contribution in [0.15, 0.2) is 24.3 Å². The molecule has 0 aliphatic heterocycles. The lowest BCUT2D eigenvalue weighted by atomic mass is 10.0. The number of carbonyl (C=O) groups excluding carboxylic acids is 1. The first kappa shape index (κ1) is 52.9. The molecule has 10 heteroatoms. The Balaban J connectivity index is 4.28. The largest absolute Gasteiger partial charge is 0.756 e. The van der Waals surface area contributed by atoms with Gasteiger partial charge in [-0.15, -0.1) is 0 Å². The van der Waals surface area contributed by atoms with E-state index in [-0.39, 0.29) is 38.3 Å². The zero-order valence-corrected chi connectivity index (χ0v) is 36.7. The summed E-state index contributed by atoms with van der Waals surface area (Å²) >= 11 is 0. The molecule has 320 valence electrons. The molecule has 0 aromatic rings. The smallest absolute Gasteiger partial charge is 0.306 e. The summed E-state index contributed by atoms with van der Waals surface area (Å²) in [6.45, 7) is 5.26. The highest BCUT2D eigenvalue weighted by molar-refractivity contribution is 7.45. The van der Waals surface area contributed by atoms with E-state index < -0.39 is 13.9 Å². The van der Waals surface area contributed by atoms with Gasteiger partial charge in [-0.05, 0) is 32.1 Å². The zero-order chi connectivity index (χ0) is 40.0. The quantitative estimate of drug-likeness (QED) is 0.0214. The predicted octanol–water partition coefficient (Wildman–Crippen LogP) is 11.2. The zero-order valence-electron chi connectivity index (χ0n) is 35.8. The van der Waals surface area contributed by atoms with Crippen LogP contribution in [0.4, 0.5) is 0 Å². The highest BCUT2D eigenvalue weighted by Crippen LogP contribution is 2.38. The van der Waals surface area contributed by atoms with Crippen molar-refractivity contribution in [1.82, 2.24) is 0 Å². The average molecular weight is 788 g/mol. The number of hydrogen-bond acceptors (Lipinski definition) is 8. The van der Waals surface area contributed by atoms with Crippen LogP contribution in [0.5, 0.6) is 0 Å². The van der Waals surface area contributed by atoms with Crippen molar-refractivity contribution in [2.24, 2.45) is 0 Å². The summed E-state index contributed by atoms with van der Waals surface area (Å²) in [6.07, 6.45) is 37.9. The van der Waals surface area contributed by atoms with Crippen molar-refractivity contribution in [2.45, 2.75) is 199 Å². The van der Waals surface area contributed by atoms with Crippen molar-refractivity contribution in [1.29, 1.82) is 0 Å². The number of aliphatic hydroxyl groups excluding tert-OH is 1. The maximum absolute atomic E-state index is 12.7. The number of nitrogens with zero attached hydrogens (tertiary/aromatic N) is 1. The van der Waals surface area contributed by atoms with Gasteiger partial charge in [-0.1, -0.05) is 173 Å². The number of ether oxygens (including phenoxy) is 2. The minimum absolute atomic E-state index is 0.0150. The SMILES string of the molecule is CCCCCCCCCCCCCCCCCCOCC(COP(=O)([O-])OCC[N+](C)(C)C)OC(=O)CCCCCCC/C=C\C=C\C(O)CCCCC. The van der Waals surface area contributed by atoms with E-state index in [0.717, 1.165) is 77.0 Å². The number of unbranched alkanes of at least 4 members (excludes halogenated alkanes) is 22. The molecule has 0 spiro atoms.